The average Bonchev–Trinajstić information content (AvgIpc) is 2.28. The van der Waals surface area contributed by atoms with Gasteiger partial charge in [0.05, 0.1) is 5.75 Å². The van der Waals surface area contributed by atoms with Gasteiger partial charge in [-0.25, -0.2) is 12.8 Å². The van der Waals surface area contributed by atoms with Crippen LogP contribution in [0.1, 0.15) is 6.92 Å². The summed E-state index contributed by atoms with van der Waals surface area (Å²) in [6, 6.07) is 3.21. The standard InChI is InChI=1S/C10H14BFO5S/c1-2-18(15,16)6-5-17-10-7-8(12)3-4-9(10)11(13)14/h3-4,7,13-14H,2,5-6H2,1H3. The monoisotopic (exact) mass is 276 g/mol. The van der Waals surface area contributed by atoms with Gasteiger partial charge in [-0.3, -0.25) is 0 Å². The number of sulfone groups is 1. The Hall–Kier alpha value is -1.12. The minimum absolute atomic E-state index is 0.00497. The highest BCUT2D eigenvalue weighted by Gasteiger charge is 2.18. The smallest absolute Gasteiger partial charge is 0.492 e. The summed E-state index contributed by atoms with van der Waals surface area (Å²) in [5.41, 5.74) is -0.00898. The lowest BCUT2D eigenvalue weighted by Gasteiger charge is -2.11. The van der Waals surface area contributed by atoms with Crippen molar-refractivity contribution in [1.82, 2.24) is 0 Å². The molecule has 0 unspecified atom stereocenters. The lowest BCUT2D eigenvalue weighted by molar-refractivity contribution is 0.338. The number of hydrogen-bond acceptors (Lipinski definition) is 5. The zero-order valence-electron chi connectivity index (χ0n) is 9.84. The van der Waals surface area contributed by atoms with Crippen molar-refractivity contribution < 1.29 is 27.6 Å². The molecule has 0 aliphatic rings. The number of rotatable bonds is 6. The summed E-state index contributed by atoms with van der Waals surface area (Å²) in [5, 5.41) is 18.1. The number of benzene rings is 1. The van der Waals surface area contributed by atoms with Crippen molar-refractivity contribution in [2.24, 2.45) is 0 Å². The number of halogens is 1. The van der Waals surface area contributed by atoms with E-state index in [1.165, 1.54) is 13.0 Å². The van der Waals surface area contributed by atoms with E-state index in [1.54, 1.807) is 0 Å². The third-order valence-electron chi connectivity index (χ3n) is 2.35. The molecular formula is C10H14BFO5S. The molecule has 1 rings (SSSR count). The summed E-state index contributed by atoms with van der Waals surface area (Å²) in [6.45, 7) is 1.35. The van der Waals surface area contributed by atoms with E-state index >= 15 is 0 Å². The summed E-state index contributed by atoms with van der Waals surface area (Å²) in [7, 11) is -4.98. The van der Waals surface area contributed by atoms with E-state index in [0.717, 1.165) is 12.1 Å². The third-order valence-corrected chi connectivity index (χ3v) is 4.01. The molecule has 1 aromatic carbocycles. The van der Waals surface area contributed by atoms with Gasteiger partial charge >= 0.3 is 7.12 Å². The molecule has 0 aliphatic carbocycles. The van der Waals surface area contributed by atoms with Crippen LogP contribution >= 0.6 is 0 Å². The van der Waals surface area contributed by atoms with Gasteiger partial charge in [0.25, 0.3) is 0 Å². The van der Waals surface area contributed by atoms with Crippen molar-refractivity contribution in [2.75, 3.05) is 18.1 Å². The van der Waals surface area contributed by atoms with Crippen LogP contribution in [-0.2, 0) is 9.84 Å². The van der Waals surface area contributed by atoms with Gasteiger partial charge in [-0.05, 0) is 6.07 Å². The molecule has 0 saturated carbocycles. The molecule has 0 atom stereocenters. The van der Waals surface area contributed by atoms with E-state index in [4.69, 9.17) is 14.8 Å². The fourth-order valence-electron chi connectivity index (χ4n) is 1.27. The summed E-state index contributed by atoms with van der Waals surface area (Å²) < 4.78 is 40.5. The third kappa shape index (κ3) is 4.28. The number of hydrogen-bond donors (Lipinski definition) is 2. The Bertz CT molecular complexity index is 503. The van der Waals surface area contributed by atoms with Crippen LogP contribution in [0.25, 0.3) is 0 Å². The average molecular weight is 276 g/mol. The first-order valence-electron chi connectivity index (χ1n) is 5.34. The molecule has 0 amide bonds. The van der Waals surface area contributed by atoms with Crippen molar-refractivity contribution in [3.05, 3.63) is 24.0 Å². The Balaban J connectivity index is 2.75. The van der Waals surface area contributed by atoms with Crippen LogP contribution in [0.5, 0.6) is 5.75 Å². The molecule has 0 fully saturated rings. The lowest BCUT2D eigenvalue weighted by atomic mass is 9.79. The van der Waals surface area contributed by atoms with E-state index in [9.17, 15) is 12.8 Å². The van der Waals surface area contributed by atoms with Crippen LogP contribution in [0.4, 0.5) is 4.39 Å². The second-order valence-electron chi connectivity index (χ2n) is 3.64. The van der Waals surface area contributed by atoms with E-state index < -0.39 is 22.8 Å². The molecule has 0 spiro atoms. The summed E-state index contributed by atoms with van der Waals surface area (Å²) in [5.74, 6) is -0.889. The normalized spacial score (nSPS) is 11.3. The zero-order chi connectivity index (χ0) is 13.8. The van der Waals surface area contributed by atoms with Gasteiger partial charge < -0.3 is 14.8 Å². The highest BCUT2D eigenvalue weighted by molar-refractivity contribution is 7.91. The molecule has 0 radical (unpaired) electrons. The molecule has 1 aromatic rings. The first-order valence-corrected chi connectivity index (χ1v) is 7.16. The van der Waals surface area contributed by atoms with E-state index in [1.807, 2.05) is 0 Å². The van der Waals surface area contributed by atoms with Crippen molar-refractivity contribution in [3.63, 3.8) is 0 Å². The molecule has 0 saturated heterocycles. The van der Waals surface area contributed by atoms with Crippen molar-refractivity contribution >= 4 is 22.4 Å². The maximum absolute atomic E-state index is 13.0. The van der Waals surface area contributed by atoms with Crippen LogP contribution in [-0.4, -0.2) is 43.7 Å². The summed E-state index contributed by atoms with van der Waals surface area (Å²) in [6.07, 6.45) is 0. The molecule has 0 aromatic heterocycles. The first-order chi connectivity index (χ1) is 8.35. The summed E-state index contributed by atoms with van der Waals surface area (Å²) >= 11 is 0. The Kier molecular flexibility index (Phi) is 5.12. The molecule has 0 bridgehead atoms. The van der Waals surface area contributed by atoms with E-state index in [2.05, 4.69) is 0 Å². The second-order valence-corrected chi connectivity index (χ2v) is 6.11. The predicted molar refractivity (Wildman–Crippen MR) is 66.0 cm³/mol. The van der Waals surface area contributed by atoms with Gasteiger partial charge in [-0.2, -0.15) is 0 Å². The maximum Gasteiger partial charge on any atom is 0.492 e. The van der Waals surface area contributed by atoms with Crippen LogP contribution in [0, 0.1) is 5.82 Å². The first kappa shape index (κ1) is 14.9. The molecule has 0 aliphatic heterocycles. The quantitative estimate of drug-likeness (QED) is 0.672. The lowest BCUT2D eigenvalue weighted by Crippen LogP contribution is -2.32. The topological polar surface area (TPSA) is 83.8 Å². The molecule has 18 heavy (non-hydrogen) atoms. The second kappa shape index (κ2) is 6.17. The van der Waals surface area contributed by atoms with Crippen LogP contribution in [0.15, 0.2) is 18.2 Å². The Morgan fingerprint density at radius 2 is 2.06 bits per heavy atom. The van der Waals surface area contributed by atoms with Crippen molar-refractivity contribution in [2.45, 2.75) is 6.92 Å². The highest BCUT2D eigenvalue weighted by Crippen LogP contribution is 2.10. The molecule has 8 heteroatoms. The van der Waals surface area contributed by atoms with Crippen LogP contribution in [0.3, 0.4) is 0 Å². The van der Waals surface area contributed by atoms with Crippen LogP contribution < -0.4 is 10.2 Å². The van der Waals surface area contributed by atoms with Gasteiger partial charge in [0.1, 0.15) is 18.2 Å². The van der Waals surface area contributed by atoms with Gasteiger partial charge in [0, 0.05) is 17.3 Å². The molecular weight excluding hydrogens is 262 g/mol. The molecule has 100 valence electrons. The minimum atomic E-state index is -3.18. The van der Waals surface area contributed by atoms with E-state index in [0.29, 0.717) is 0 Å². The number of ether oxygens (including phenoxy) is 1. The Morgan fingerprint density at radius 3 is 2.61 bits per heavy atom. The van der Waals surface area contributed by atoms with Gasteiger partial charge in [-0.1, -0.05) is 13.0 Å². The highest BCUT2D eigenvalue weighted by atomic mass is 32.2. The minimum Gasteiger partial charge on any atom is -0.493 e. The van der Waals surface area contributed by atoms with Gasteiger partial charge in [-0.15, -0.1) is 0 Å². The van der Waals surface area contributed by atoms with Crippen molar-refractivity contribution in [1.29, 1.82) is 0 Å². The largest absolute Gasteiger partial charge is 0.493 e. The van der Waals surface area contributed by atoms with Gasteiger partial charge in [0.15, 0.2) is 9.84 Å². The van der Waals surface area contributed by atoms with Crippen LogP contribution in [0.2, 0.25) is 0 Å². The van der Waals surface area contributed by atoms with Gasteiger partial charge in [0.2, 0.25) is 0 Å². The molecule has 5 nitrogen and oxygen atoms in total. The van der Waals surface area contributed by atoms with E-state index in [-0.39, 0.29) is 29.3 Å². The fraction of sp³-hybridized carbons (Fsp3) is 0.400. The maximum atomic E-state index is 13.0. The SMILES string of the molecule is CCS(=O)(=O)CCOc1cc(F)ccc1B(O)O. The fourth-order valence-corrected chi connectivity index (χ4v) is 1.90. The zero-order valence-corrected chi connectivity index (χ0v) is 10.7. The predicted octanol–water partition coefficient (Wildman–Crippen LogP) is -0.681. The Morgan fingerprint density at radius 1 is 1.39 bits per heavy atom. The molecule has 0 heterocycles. The Labute approximate surface area is 105 Å². The summed E-state index contributed by atoms with van der Waals surface area (Å²) in [4.78, 5) is 0. The van der Waals surface area contributed by atoms with Crippen molar-refractivity contribution in [3.8, 4) is 5.75 Å². The molecule has 2 N–H and O–H groups in total.